The van der Waals surface area contributed by atoms with Gasteiger partial charge in [0.1, 0.15) is 0 Å². The van der Waals surface area contributed by atoms with Crippen LogP contribution >= 0.6 is 46.1 Å². The van der Waals surface area contributed by atoms with Crippen LogP contribution in [0.5, 0.6) is 0 Å². The molecule has 0 aliphatic rings. The Balaban J connectivity index is 1.68. The topological polar surface area (TPSA) is 42.0 Å². The fourth-order valence-corrected chi connectivity index (χ4v) is 3.27. The molecule has 0 atom stereocenters. The highest BCUT2D eigenvalue weighted by Crippen LogP contribution is 2.30. The summed E-state index contributed by atoms with van der Waals surface area (Å²) < 4.78 is 0. The predicted molar refractivity (Wildman–Crippen MR) is 107 cm³/mol. The zero-order valence-corrected chi connectivity index (χ0v) is 15.8. The molecule has 0 aliphatic carbocycles. The van der Waals surface area contributed by atoms with E-state index in [1.807, 2.05) is 23.6 Å². The van der Waals surface area contributed by atoms with E-state index in [1.165, 1.54) is 17.4 Å². The number of carbonyl (C=O) groups is 1. The molecule has 0 spiro atoms. The SMILES string of the molecule is O=C(C=Cc1cccc(Cl)c1)Nc1nc(-c2ccc(Cl)c(Cl)c2)cs1. The van der Waals surface area contributed by atoms with Gasteiger partial charge in [-0.2, -0.15) is 0 Å². The Kier molecular flexibility index (Phi) is 5.76. The average Bonchev–Trinajstić information content (AvgIpc) is 3.04. The summed E-state index contributed by atoms with van der Waals surface area (Å²) in [4.78, 5) is 16.4. The van der Waals surface area contributed by atoms with Crippen molar-refractivity contribution in [1.29, 1.82) is 0 Å². The lowest BCUT2D eigenvalue weighted by Crippen LogP contribution is -2.07. The van der Waals surface area contributed by atoms with Gasteiger partial charge in [-0.3, -0.25) is 10.1 Å². The lowest BCUT2D eigenvalue weighted by atomic mass is 10.2. The second kappa shape index (κ2) is 8.02. The maximum Gasteiger partial charge on any atom is 0.250 e. The molecule has 0 saturated carbocycles. The number of nitrogens with zero attached hydrogens (tertiary/aromatic N) is 1. The summed E-state index contributed by atoms with van der Waals surface area (Å²) in [6, 6.07) is 12.5. The average molecular weight is 410 g/mol. The molecule has 25 heavy (non-hydrogen) atoms. The second-order valence-corrected chi connectivity index (χ2v) is 7.15. The molecule has 7 heteroatoms. The molecule has 2 aromatic carbocycles. The third kappa shape index (κ3) is 4.83. The Hall–Kier alpha value is -1.85. The van der Waals surface area contributed by atoms with E-state index >= 15 is 0 Å². The molecule has 0 radical (unpaired) electrons. The highest BCUT2D eigenvalue weighted by Gasteiger charge is 2.08. The Labute approximate surface area is 163 Å². The molecule has 0 fully saturated rings. The van der Waals surface area contributed by atoms with E-state index in [4.69, 9.17) is 34.8 Å². The van der Waals surface area contributed by atoms with Crippen molar-refractivity contribution < 1.29 is 4.79 Å². The van der Waals surface area contributed by atoms with Crippen LogP contribution in [-0.4, -0.2) is 10.9 Å². The molecular weight excluding hydrogens is 399 g/mol. The summed E-state index contributed by atoms with van der Waals surface area (Å²) >= 11 is 19.2. The lowest BCUT2D eigenvalue weighted by Gasteiger charge is -2.00. The number of carbonyl (C=O) groups excluding carboxylic acids is 1. The summed E-state index contributed by atoms with van der Waals surface area (Å²) in [5.74, 6) is -0.269. The first-order chi connectivity index (χ1) is 12.0. The van der Waals surface area contributed by atoms with E-state index in [9.17, 15) is 4.79 Å². The van der Waals surface area contributed by atoms with Crippen LogP contribution < -0.4 is 5.32 Å². The molecule has 1 N–H and O–H groups in total. The third-order valence-electron chi connectivity index (χ3n) is 3.23. The summed E-state index contributed by atoms with van der Waals surface area (Å²) in [5, 5.41) is 6.64. The van der Waals surface area contributed by atoms with Crippen molar-refractivity contribution in [2.24, 2.45) is 0 Å². The maximum atomic E-state index is 12.0. The molecule has 3 rings (SSSR count). The van der Waals surface area contributed by atoms with Crippen molar-refractivity contribution in [2.75, 3.05) is 5.32 Å². The van der Waals surface area contributed by atoms with Crippen molar-refractivity contribution in [3.8, 4) is 11.3 Å². The monoisotopic (exact) mass is 408 g/mol. The number of hydrogen-bond acceptors (Lipinski definition) is 3. The zero-order chi connectivity index (χ0) is 17.8. The number of hydrogen-bond donors (Lipinski definition) is 1. The molecule has 3 nitrogen and oxygen atoms in total. The van der Waals surface area contributed by atoms with E-state index in [0.29, 0.717) is 20.2 Å². The third-order valence-corrected chi connectivity index (χ3v) is 4.96. The van der Waals surface area contributed by atoms with Gasteiger partial charge in [-0.15, -0.1) is 11.3 Å². The summed E-state index contributed by atoms with van der Waals surface area (Å²) in [6.45, 7) is 0. The van der Waals surface area contributed by atoms with E-state index in [0.717, 1.165) is 16.8 Å². The van der Waals surface area contributed by atoms with Crippen molar-refractivity contribution in [3.05, 3.63) is 74.6 Å². The Morgan fingerprint density at radius 3 is 2.68 bits per heavy atom. The lowest BCUT2D eigenvalue weighted by molar-refractivity contribution is -0.111. The van der Waals surface area contributed by atoms with E-state index < -0.39 is 0 Å². The summed E-state index contributed by atoms with van der Waals surface area (Å²) in [5.41, 5.74) is 2.40. The molecule has 1 amide bonds. The quantitative estimate of drug-likeness (QED) is 0.505. The van der Waals surface area contributed by atoms with Crippen LogP contribution in [0.1, 0.15) is 5.56 Å². The first-order valence-corrected chi connectivity index (χ1v) is 9.18. The molecule has 0 unspecified atom stereocenters. The van der Waals surface area contributed by atoms with E-state index in [2.05, 4.69) is 10.3 Å². The van der Waals surface area contributed by atoms with E-state index in [-0.39, 0.29) is 5.91 Å². The van der Waals surface area contributed by atoms with Crippen molar-refractivity contribution in [1.82, 2.24) is 4.98 Å². The molecule has 126 valence electrons. The fraction of sp³-hybridized carbons (Fsp3) is 0. The standard InChI is InChI=1S/C18H11Cl3N2OS/c19-13-3-1-2-11(8-13)4-7-17(24)23-18-22-16(10-25-18)12-5-6-14(20)15(21)9-12/h1-10H,(H,22,23,24). The molecule has 1 heterocycles. The van der Waals surface area contributed by atoms with E-state index in [1.54, 1.807) is 30.3 Å². The molecule has 0 aliphatic heterocycles. The van der Waals surface area contributed by atoms with Crippen LogP contribution in [0.15, 0.2) is 53.9 Å². The van der Waals surface area contributed by atoms with Gasteiger partial charge in [-0.05, 0) is 35.9 Å². The first kappa shape index (κ1) is 18.0. The van der Waals surface area contributed by atoms with Gasteiger partial charge in [-0.25, -0.2) is 4.98 Å². The van der Waals surface area contributed by atoms with Gasteiger partial charge < -0.3 is 0 Å². The highest BCUT2D eigenvalue weighted by molar-refractivity contribution is 7.14. The number of nitrogens with one attached hydrogen (secondary N) is 1. The number of amides is 1. The van der Waals surface area contributed by atoms with Gasteiger partial charge in [0.25, 0.3) is 0 Å². The van der Waals surface area contributed by atoms with Crippen LogP contribution in [0.2, 0.25) is 15.1 Å². The van der Waals surface area contributed by atoms with Gasteiger partial charge in [-0.1, -0.05) is 53.0 Å². The molecular formula is C18H11Cl3N2OS. The van der Waals surface area contributed by atoms with Gasteiger partial charge in [0.15, 0.2) is 5.13 Å². The number of benzene rings is 2. The van der Waals surface area contributed by atoms with Crippen LogP contribution in [0.25, 0.3) is 17.3 Å². The number of halogens is 3. The Morgan fingerprint density at radius 2 is 1.92 bits per heavy atom. The Morgan fingerprint density at radius 1 is 1.08 bits per heavy atom. The zero-order valence-electron chi connectivity index (χ0n) is 12.7. The smallest absolute Gasteiger partial charge is 0.250 e. The van der Waals surface area contributed by atoms with Gasteiger partial charge in [0.05, 0.1) is 15.7 Å². The molecule has 0 bridgehead atoms. The number of thiazole rings is 1. The normalized spacial score (nSPS) is 11.0. The molecule has 1 aromatic heterocycles. The fourth-order valence-electron chi connectivity index (χ4n) is 2.05. The Bertz CT molecular complexity index is 953. The van der Waals surface area contributed by atoms with Crippen molar-refractivity contribution >= 4 is 63.3 Å². The number of rotatable bonds is 4. The molecule has 3 aromatic rings. The summed E-state index contributed by atoms with van der Waals surface area (Å²) in [7, 11) is 0. The van der Waals surface area contributed by atoms with Crippen LogP contribution in [0, 0.1) is 0 Å². The molecule has 0 saturated heterocycles. The number of aromatic nitrogens is 1. The maximum absolute atomic E-state index is 12.0. The second-order valence-electron chi connectivity index (χ2n) is 5.04. The van der Waals surface area contributed by atoms with Crippen LogP contribution in [0.4, 0.5) is 5.13 Å². The van der Waals surface area contributed by atoms with Crippen molar-refractivity contribution in [2.45, 2.75) is 0 Å². The summed E-state index contributed by atoms with van der Waals surface area (Å²) in [6.07, 6.45) is 3.13. The number of anilines is 1. The first-order valence-electron chi connectivity index (χ1n) is 7.17. The van der Waals surface area contributed by atoms with Crippen LogP contribution in [-0.2, 0) is 4.79 Å². The minimum absolute atomic E-state index is 0.269. The minimum Gasteiger partial charge on any atom is -0.298 e. The largest absolute Gasteiger partial charge is 0.298 e. The van der Waals surface area contributed by atoms with Gasteiger partial charge >= 0.3 is 0 Å². The van der Waals surface area contributed by atoms with Gasteiger partial charge in [0, 0.05) is 22.0 Å². The van der Waals surface area contributed by atoms with Crippen molar-refractivity contribution in [3.63, 3.8) is 0 Å². The van der Waals surface area contributed by atoms with Crippen LogP contribution in [0.3, 0.4) is 0 Å². The predicted octanol–water partition coefficient (Wildman–Crippen LogP) is 6.42. The van der Waals surface area contributed by atoms with Gasteiger partial charge in [0.2, 0.25) is 5.91 Å². The highest BCUT2D eigenvalue weighted by atomic mass is 35.5. The minimum atomic E-state index is -0.269.